The molecular formula is C9H18N2. The molecule has 0 bridgehead atoms. The van der Waals surface area contributed by atoms with Crippen LogP contribution in [0.1, 0.15) is 33.6 Å². The molecule has 0 aliphatic rings. The van der Waals surface area contributed by atoms with Crippen molar-refractivity contribution >= 4 is 6.72 Å². The highest BCUT2D eigenvalue weighted by molar-refractivity contribution is 5.28. The summed E-state index contributed by atoms with van der Waals surface area (Å²) in [5.74, 6) is 0. The molecule has 0 saturated carbocycles. The molecule has 0 aromatic carbocycles. The summed E-state index contributed by atoms with van der Waals surface area (Å²) in [6.07, 6.45) is 4.01. The molecule has 0 spiro atoms. The van der Waals surface area contributed by atoms with Gasteiger partial charge in [0, 0.05) is 12.2 Å². The van der Waals surface area contributed by atoms with Crippen LogP contribution in [-0.4, -0.2) is 12.8 Å². The molecule has 0 amide bonds. The van der Waals surface area contributed by atoms with Gasteiger partial charge in [0.05, 0.1) is 5.70 Å². The van der Waals surface area contributed by atoms with Gasteiger partial charge >= 0.3 is 0 Å². The zero-order valence-corrected chi connectivity index (χ0v) is 7.72. The van der Waals surface area contributed by atoms with Gasteiger partial charge in [-0.15, -0.1) is 0 Å². The lowest BCUT2D eigenvalue weighted by Gasteiger charge is -2.08. The van der Waals surface area contributed by atoms with Gasteiger partial charge in [-0.2, -0.15) is 0 Å². The van der Waals surface area contributed by atoms with Crippen LogP contribution in [0.2, 0.25) is 0 Å². The summed E-state index contributed by atoms with van der Waals surface area (Å²) in [5, 5.41) is 3.24. The Morgan fingerprint density at radius 1 is 1.64 bits per heavy atom. The van der Waals surface area contributed by atoms with Crippen molar-refractivity contribution < 1.29 is 0 Å². The number of rotatable bonds is 5. The van der Waals surface area contributed by atoms with Crippen LogP contribution >= 0.6 is 0 Å². The molecule has 0 radical (unpaired) electrons. The van der Waals surface area contributed by atoms with Gasteiger partial charge in [0.2, 0.25) is 0 Å². The fourth-order valence-electron chi connectivity index (χ4n) is 0.616. The maximum atomic E-state index is 3.86. The molecule has 0 saturated heterocycles. The molecule has 2 nitrogen and oxygen atoms in total. The van der Waals surface area contributed by atoms with E-state index in [1.807, 2.05) is 6.20 Å². The molecule has 1 atom stereocenters. The van der Waals surface area contributed by atoms with Crippen molar-refractivity contribution in [2.75, 3.05) is 0 Å². The van der Waals surface area contributed by atoms with Crippen molar-refractivity contribution in [1.29, 1.82) is 0 Å². The second-order valence-corrected chi connectivity index (χ2v) is 2.62. The highest BCUT2D eigenvalue weighted by atomic mass is 14.9. The minimum atomic E-state index is 0.526. The van der Waals surface area contributed by atoms with E-state index in [-0.39, 0.29) is 0 Å². The molecular weight excluding hydrogens is 136 g/mol. The highest BCUT2D eigenvalue weighted by Crippen LogP contribution is 1.99. The summed E-state index contributed by atoms with van der Waals surface area (Å²) in [6.45, 7) is 9.84. The van der Waals surface area contributed by atoms with E-state index >= 15 is 0 Å². The van der Waals surface area contributed by atoms with E-state index < -0.39 is 0 Å². The van der Waals surface area contributed by atoms with Crippen LogP contribution in [-0.2, 0) is 0 Å². The molecule has 1 N–H and O–H groups in total. The number of hydrogen-bond acceptors (Lipinski definition) is 2. The lowest BCUT2D eigenvalue weighted by atomic mass is 10.2. The van der Waals surface area contributed by atoms with Gasteiger partial charge in [0.25, 0.3) is 0 Å². The maximum Gasteiger partial charge on any atom is 0.0549 e. The van der Waals surface area contributed by atoms with Crippen molar-refractivity contribution in [2.45, 2.75) is 39.7 Å². The minimum Gasteiger partial charge on any atom is -0.387 e. The number of nitrogens with one attached hydrogen (secondary N) is 1. The van der Waals surface area contributed by atoms with E-state index in [0.29, 0.717) is 6.04 Å². The second kappa shape index (κ2) is 5.96. The van der Waals surface area contributed by atoms with Gasteiger partial charge in [-0.3, -0.25) is 4.99 Å². The van der Waals surface area contributed by atoms with Gasteiger partial charge in [-0.1, -0.05) is 13.8 Å². The Morgan fingerprint density at radius 2 is 2.27 bits per heavy atom. The highest BCUT2D eigenvalue weighted by Gasteiger charge is 1.93. The van der Waals surface area contributed by atoms with Crippen LogP contribution in [0, 0.1) is 0 Å². The van der Waals surface area contributed by atoms with Crippen molar-refractivity contribution in [3.05, 3.63) is 11.9 Å². The first-order chi connectivity index (χ1) is 5.24. The average Bonchev–Trinajstić information content (AvgIpc) is 2.06. The Morgan fingerprint density at radius 3 is 2.64 bits per heavy atom. The molecule has 0 aliphatic heterocycles. The first kappa shape index (κ1) is 10.2. The normalized spacial score (nSPS) is 14.3. The van der Waals surface area contributed by atoms with Gasteiger partial charge in [-0.05, 0) is 26.5 Å². The summed E-state index contributed by atoms with van der Waals surface area (Å²) >= 11 is 0. The van der Waals surface area contributed by atoms with E-state index in [0.717, 1.165) is 18.5 Å². The van der Waals surface area contributed by atoms with Gasteiger partial charge in [0.1, 0.15) is 0 Å². The zero-order chi connectivity index (χ0) is 8.69. The van der Waals surface area contributed by atoms with Crippen LogP contribution in [0.15, 0.2) is 16.9 Å². The summed E-state index contributed by atoms with van der Waals surface area (Å²) in [5.41, 5.74) is 1.02. The first-order valence-electron chi connectivity index (χ1n) is 4.16. The van der Waals surface area contributed by atoms with Crippen molar-refractivity contribution in [2.24, 2.45) is 4.99 Å². The number of hydrogen-bond donors (Lipinski definition) is 1. The summed E-state index contributed by atoms with van der Waals surface area (Å²) in [4.78, 5) is 3.86. The van der Waals surface area contributed by atoms with Crippen molar-refractivity contribution in [3.8, 4) is 0 Å². The van der Waals surface area contributed by atoms with E-state index in [2.05, 4.69) is 37.8 Å². The molecule has 0 aliphatic carbocycles. The van der Waals surface area contributed by atoms with Crippen LogP contribution in [0.25, 0.3) is 0 Å². The standard InChI is InChI=1S/C9H18N2/c1-5-8(3)11-7-9(6-2)10-4/h7-8,11H,4-6H2,1-3H3/b9-7+. The van der Waals surface area contributed by atoms with Crippen molar-refractivity contribution in [1.82, 2.24) is 5.32 Å². The quantitative estimate of drug-likeness (QED) is 0.604. The molecule has 0 aromatic rings. The molecule has 0 rings (SSSR count). The molecule has 0 aromatic heterocycles. The number of allylic oxidation sites excluding steroid dienone is 1. The molecule has 1 unspecified atom stereocenters. The van der Waals surface area contributed by atoms with Crippen LogP contribution in [0.4, 0.5) is 0 Å². The van der Waals surface area contributed by atoms with Crippen molar-refractivity contribution in [3.63, 3.8) is 0 Å². The lowest BCUT2D eigenvalue weighted by Crippen LogP contribution is -2.19. The van der Waals surface area contributed by atoms with Crippen LogP contribution in [0.5, 0.6) is 0 Å². The third kappa shape index (κ3) is 4.59. The summed E-state index contributed by atoms with van der Waals surface area (Å²) in [6, 6.07) is 0.526. The number of nitrogens with zero attached hydrogens (tertiary/aromatic N) is 1. The largest absolute Gasteiger partial charge is 0.387 e. The van der Waals surface area contributed by atoms with Gasteiger partial charge < -0.3 is 5.32 Å². The lowest BCUT2D eigenvalue weighted by molar-refractivity contribution is 0.615. The summed E-state index contributed by atoms with van der Waals surface area (Å²) < 4.78 is 0. The van der Waals surface area contributed by atoms with E-state index in [4.69, 9.17) is 0 Å². The number of aliphatic imine (C=N–C) groups is 1. The molecule has 0 fully saturated rings. The molecule has 2 heteroatoms. The summed E-state index contributed by atoms with van der Waals surface area (Å²) in [7, 11) is 0. The van der Waals surface area contributed by atoms with E-state index in [1.165, 1.54) is 0 Å². The third-order valence-electron chi connectivity index (χ3n) is 1.71. The smallest absolute Gasteiger partial charge is 0.0549 e. The minimum absolute atomic E-state index is 0.526. The molecule has 64 valence electrons. The topological polar surface area (TPSA) is 24.4 Å². The Bertz CT molecular complexity index is 138. The second-order valence-electron chi connectivity index (χ2n) is 2.62. The van der Waals surface area contributed by atoms with Gasteiger partial charge in [-0.25, -0.2) is 0 Å². The van der Waals surface area contributed by atoms with Crippen LogP contribution in [0.3, 0.4) is 0 Å². The Kier molecular flexibility index (Phi) is 5.53. The van der Waals surface area contributed by atoms with E-state index in [9.17, 15) is 0 Å². The predicted molar refractivity (Wildman–Crippen MR) is 50.8 cm³/mol. The zero-order valence-electron chi connectivity index (χ0n) is 7.72. The monoisotopic (exact) mass is 154 g/mol. The van der Waals surface area contributed by atoms with Crippen LogP contribution < -0.4 is 5.32 Å². The fourth-order valence-corrected chi connectivity index (χ4v) is 0.616. The van der Waals surface area contributed by atoms with E-state index in [1.54, 1.807) is 0 Å². The SMILES string of the molecule is C=N/C(=C/NC(C)CC)CC. The average molecular weight is 154 g/mol. The van der Waals surface area contributed by atoms with Gasteiger partial charge in [0.15, 0.2) is 0 Å². The Hall–Kier alpha value is -0.790. The Labute approximate surface area is 69.4 Å². The predicted octanol–water partition coefficient (Wildman–Crippen LogP) is 2.33. The Balaban J connectivity index is 3.77. The molecule has 0 heterocycles. The fraction of sp³-hybridized carbons (Fsp3) is 0.667. The maximum absolute atomic E-state index is 3.86. The third-order valence-corrected chi connectivity index (χ3v) is 1.71. The molecule has 11 heavy (non-hydrogen) atoms. The first-order valence-corrected chi connectivity index (χ1v) is 4.16.